The van der Waals surface area contributed by atoms with Crippen LogP contribution < -0.4 is 10.9 Å². The molecule has 1 aromatic heterocycles. The maximum atomic E-state index is 13.1. The number of rotatable bonds is 9. The maximum absolute atomic E-state index is 13.1. The molecular formula is C25H31N3O6S. The summed E-state index contributed by atoms with van der Waals surface area (Å²) in [6.07, 6.45) is 1.11. The zero-order chi connectivity index (χ0) is 25.4. The zero-order valence-corrected chi connectivity index (χ0v) is 20.8. The minimum atomic E-state index is -3.52. The lowest BCUT2D eigenvalue weighted by Crippen LogP contribution is -2.50. The van der Waals surface area contributed by atoms with Crippen molar-refractivity contribution in [2.24, 2.45) is 0 Å². The first-order valence-electron chi connectivity index (χ1n) is 11.8. The fraction of sp³-hybridized carbons (Fsp3) is 0.480. The third-order valence-corrected chi connectivity index (χ3v) is 10.1. The lowest BCUT2D eigenvalue weighted by Gasteiger charge is -2.33. The summed E-state index contributed by atoms with van der Waals surface area (Å²) in [6, 6.07) is 10.5. The fourth-order valence-electron chi connectivity index (χ4n) is 4.56. The first-order chi connectivity index (χ1) is 16.6. The standard InChI is InChI=1S/C25H31N3O6S/c1-17-3-5-19(6-4-17)15-26-22(30)20-7-8-21-24(32)27(12-13-28(21)23(20)31)16-25(10-11-25)35(33,34)18(2)9-14-29/h3-8,18,29H,9-16H2,1-2H3,(H,26,30)/t18-/m1/s1. The zero-order valence-electron chi connectivity index (χ0n) is 20.0. The van der Waals surface area contributed by atoms with Crippen LogP contribution in [0.3, 0.4) is 0 Å². The minimum Gasteiger partial charge on any atom is -0.396 e. The number of nitrogens with zero attached hydrogens (tertiary/aromatic N) is 2. The molecule has 2 aromatic rings. The molecule has 2 amide bonds. The van der Waals surface area contributed by atoms with Crippen molar-refractivity contribution < 1.29 is 23.1 Å². The number of carbonyl (C=O) groups excluding carboxylic acids is 2. The Morgan fingerprint density at radius 3 is 2.43 bits per heavy atom. The van der Waals surface area contributed by atoms with Gasteiger partial charge in [0, 0.05) is 32.8 Å². The molecule has 0 spiro atoms. The number of aliphatic hydroxyl groups excluding tert-OH is 1. The Balaban J connectivity index is 1.48. The smallest absolute Gasteiger partial charge is 0.270 e. The van der Waals surface area contributed by atoms with Crippen LogP contribution in [0, 0.1) is 6.92 Å². The Hall–Kier alpha value is -2.98. The predicted octanol–water partition coefficient (Wildman–Crippen LogP) is 1.26. The van der Waals surface area contributed by atoms with Gasteiger partial charge >= 0.3 is 0 Å². The Kier molecular flexibility index (Phi) is 6.88. The van der Waals surface area contributed by atoms with E-state index >= 15 is 0 Å². The fourth-order valence-corrected chi connectivity index (χ4v) is 6.84. The molecule has 35 heavy (non-hydrogen) atoms. The third-order valence-electron chi connectivity index (χ3n) is 7.05. The first-order valence-corrected chi connectivity index (χ1v) is 13.4. The molecular weight excluding hydrogens is 470 g/mol. The number of sulfone groups is 1. The Bertz CT molecular complexity index is 1300. The van der Waals surface area contributed by atoms with Crippen LogP contribution in [-0.4, -0.2) is 64.5 Å². The van der Waals surface area contributed by atoms with Crippen molar-refractivity contribution >= 4 is 21.7 Å². The third kappa shape index (κ3) is 4.77. The number of aryl methyl sites for hydroxylation is 1. The van der Waals surface area contributed by atoms with Gasteiger partial charge in [-0.15, -0.1) is 0 Å². The van der Waals surface area contributed by atoms with E-state index in [1.807, 2.05) is 31.2 Å². The predicted molar refractivity (Wildman–Crippen MR) is 131 cm³/mol. The van der Waals surface area contributed by atoms with Crippen LogP contribution in [0.25, 0.3) is 0 Å². The van der Waals surface area contributed by atoms with Gasteiger partial charge in [0.05, 0.1) is 10.00 Å². The van der Waals surface area contributed by atoms with E-state index in [-0.39, 0.29) is 50.5 Å². The molecule has 1 aliphatic carbocycles. The van der Waals surface area contributed by atoms with Crippen molar-refractivity contribution in [3.05, 3.63) is 69.1 Å². The molecule has 0 unspecified atom stereocenters. The number of benzene rings is 1. The lowest BCUT2D eigenvalue weighted by atomic mass is 10.1. The molecule has 188 valence electrons. The molecule has 0 radical (unpaired) electrons. The van der Waals surface area contributed by atoms with Crippen molar-refractivity contribution in [3.63, 3.8) is 0 Å². The highest BCUT2D eigenvalue weighted by Crippen LogP contribution is 2.47. The number of hydrogen-bond acceptors (Lipinski definition) is 6. The van der Waals surface area contributed by atoms with E-state index in [4.69, 9.17) is 5.11 Å². The van der Waals surface area contributed by atoms with E-state index < -0.39 is 37.2 Å². The van der Waals surface area contributed by atoms with Gasteiger partial charge in [-0.1, -0.05) is 29.8 Å². The molecule has 0 bridgehead atoms. The molecule has 9 nitrogen and oxygen atoms in total. The minimum absolute atomic E-state index is 0.0406. The Labute approximate surface area is 204 Å². The molecule has 4 rings (SSSR count). The molecule has 2 aliphatic rings. The molecule has 1 aliphatic heterocycles. The van der Waals surface area contributed by atoms with Gasteiger partial charge in [0.15, 0.2) is 9.84 Å². The first kappa shape index (κ1) is 25.1. The second-order valence-electron chi connectivity index (χ2n) is 9.53. The number of aromatic nitrogens is 1. The summed E-state index contributed by atoms with van der Waals surface area (Å²) >= 11 is 0. The van der Waals surface area contributed by atoms with Crippen LogP contribution in [0.2, 0.25) is 0 Å². The normalized spacial score (nSPS) is 17.6. The summed E-state index contributed by atoms with van der Waals surface area (Å²) in [5, 5.41) is 11.2. The topological polar surface area (TPSA) is 126 Å². The number of carbonyl (C=O) groups is 2. The van der Waals surface area contributed by atoms with Gasteiger partial charge in [0.2, 0.25) is 0 Å². The van der Waals surface area contributed by atoms with Gasteiger partial charge in [-0.05, 0) is 50.8 Å². The number of amides is 2. The van der Waals surface area contributed by atoms with E-state index in [1.165, 1.54) is 21.6 Å². The molecule has 10 heteroatoms. The molecule has 0 saturated heterocycles. The number of fused-ring (bicyclic) bond motifs is 1. The number of aliphatic hydroxyl groups is 1. The van der Waals surface area contributed by atoms with Crippen molar-refractivity contribution in [1.29, 1.82) is 0 Å². The molecule has 1 aromatic carbocycles. The highest BCUT2D eigenvalue weighted by Gasteiger charge is 2.57. The van der Waals surface area contributed by atoms with Crippen molar-refractivity contribution in [2.75, 3.05) is 19.7 Å². The lowest BCUT2D eigenvalue weighted by molar-refractivity contribution is 0.0694. The van der Waals surface area contributed by atoms with Crippen molar-refractivity contribution in [2.45, 2.75) is 56.2 Å². The quantitative estimate of drug-likeness (QED) is 0.533. The van der Waals surface area contributed by atoms with Gasteiger partial charge in [0.1, 0.15) is 11.3 Å². The average Bonchev–Trinajstić information content (AvgIpc) is 3.62. The van der Waals surface area contributed by atoms with Gasteiger partial charge in [-0.3, -0.25) is 14.4 Å². The monoisotopic (exact) mass is 501 g/mol. The molecule has 1 atom stereocenters. The van der Waals surface area contributed by atoms with Crippen LogP contribution in [0.4, 0.5) is 0 Å². The van der Waals surface area contributed by atoms with E-state index in [2.05, 4.69) is 5.32 Å². The van der Waals surface area contributed by atoms with Crippen molar-refractivity contribution in [1.82, 2.24) is 14.8 Å². The highest BCUT2D eigenvalue weighted by molar-refractivity contribution is 7.93. The second-order valence-corrected chi connectivity index (χ2v) is 12.3. The van der Waals surface area contributed by atoms with Gasteiger partial charge in [-0.25, -0.2) is 8.42 Å². The van der Waals surface area contributed by atoms with E-state index in [9.17, 15) is 22.8 Å². The number of pyridine rings is 1. The highest BCUT2D eigenvalue weighted by atomic mass is 32.2. The summed E-state index contributed by atoms with van der Waals surface area (Å²) < 4.78 is 26.4. The summed E-state index contributed by atoms with van der Waals surface area (Å²) in [5.41, 5.74) is 1.58. The summed E-state index contributed by atoms with van der Waals surface area (Å²) in [7, 11) is -3.52. The van der Waals surface area contributed by atoms with Crippen LogP contribution >= 0.6 is 0 Å². The van der Waals surface area contributed by atoms with E-state index in [0.717, 1.165) is 11.1 Å². The van der Waals surface area contributed by atoms with Crippen LogP contribution in [0.15, 0.2) is 41.2 Å². The summed E-state index contributed by atoms with van der Waals surface area (Å²) in [4.78, 5) is 40.3. The summed E-state index contributed by atoms with van der Waals surface area (Å²) in [5.74, 6) is -0.932. The number of nitrogens with one attached hydrogen (secondary N) is 1. The van der Waals surface area contributed by atoms with Crippen LogP contribution in [-0.2, 0) is 22.9 Å². The number of hydrogen-bond donors (Lipinski definition) is 2. The maximum Gasteiger partial charge on any atom is 0.270 e. The van der Waals surface area contributed by atoms with Gasteiger partial charge in [-0.2, -0.15) is 0 Å². The van der Waals surface area contributed by atoms with Gasteiger partial charge < -0.3 is 19.9 Å². The second kappa shape index (κ2) is 9.58. The van der Waals surface area contributed by atoms with Crippen LogP contribution in [0.5, 0.6) is 0 Å². The molecule has 2 heterocycles. The average molecular weight is 502 g/mol. The Morgan fingerprint density at radius 2 is 1.80 bits per heavy atom. The van der Waals surface area contributed by atoms with E-state index in [0.29, 0.717) is 12.8 Å². The molecule has 1 saturated carbocycles. The summed E-state index contributed by atoms with van der Waals surface area (Å²) in [6.45, 7) is 4.06. The Morgan fingerprint density at radius 1 is 1.11 bits per heavy atom. The van der Waals surface area contributed by atoms with Crippen molar-refractivity contribution in [3.8, 4) is 0 Å². The van der Waals surface area contributed by atoms with Crippen LogP contribution in [0.1, 0.15) is 58.2 Å². The van der Waals surface area contributed by atoms with E-state index in [1.54, 1.807) is 6.92 Å². The molecule has 1 fully saturated rings. The molecule has 2 N–H and O–H groups in total. The SMILES string of the molecule is Cc1ccc(CNC(=O)c2ccc3n(c2=O)CCN(CC2(S(=O)(=O)[C@H](C)CCO)CC2)C3=O)cc1. The largest absolute Gasteiger partial charge is 0.396 e. The van der Waals surface area contributed by atoms with Gasteiger partial charge in [0.25, 0.3) is 17.4 Å².